The smallest absolute Gasteiger partial charge is 0.126 e. The third-order valence-electron chi connectivity index (χ3n) is 3.55. The van der Waals surface area contributed by atoms with Gasteiger partial charge in [0.25, 0.3) is 0 Å². The van der Waals surface area contributed by atoms with E-state index in [4.69, 9.17) is 4.42 Å². The van der Waals surface area contributed by atoms with Gasteiger partial charge in [-0.15, -0.1) is 0 Å². The topological polar surface area (TPSA) is 25.2 Å². The minimum atomic E-state index is -0.159. The Bertz CT molecular complexity index is 561. The maximum Gasteiger partial charge on any atom is 0.126 e. The zero-order valence-corrected chi connectivity index (χ0v) is 10.4. The third-order valence-corrected chi connectivity index (χ3v) is 3.55. The van der Waals surface area contributed by atoms with E-state index in [-0.39, 0.29) is 11.9 Å². The van der Waals surface area contributed by atoms with Gasteiger partial charge >= 0.3 is 0 Å². The summed E-state index contributed by atoms with van der Waals surface area (Å²) < 4.78 is 18.7. The Kier molecular flexibility index (Phi) is 2.82. The first-order valence-corrected chi connectivity index (χ1v) is 6.33. The van der Waals surface area contributed by atoms with Gasteiger partial charge in [-0.3, -0.25) is 0 Å². The minimum Gasteiger partial charge on any atom is -0.469 e. The van der Waals surface area contributed by atoms with Crippen LogP contribution in [-0.2, 0) is 6.42 Å². The predicted octanol–water partition coefficient (Wildman–Crippen LogP) is 4.22. The van der Waals surface area contributed by atoms with Gasteiger partial charge in [0.05, 0.1) is 12.3 Å². The molecule has 3 rings (SSSR count). The largest absolute Gasteiger partial charge is 0.469 e. The molecule has 0 aliphatic heterocycles. The van der Waals surface area contributed by atoms with E-state index in [2.05, 4.69) is 5.32 Å². The molecular formula is C15H16FNO. The molecule has 0 spiro atoms. The van der Waals surface area contributed by atoms with E-state index in [1.54, 1.807) is 19.3 Å². The molecular weight excluding hydrogens is 229 g/mol. The Labute approximate surface area is 106 Å². The number of hydrogen-bond acceptors (Lipinski definition) is 2. The number of benzene rings is 1. The van der Waals surface area contributed by atoms with Gasteiger partial charge in [0.2, 0.25) is 0 Å². The van der Waals surface area contributed by atoms with E-state index < -0.39 is 0 Å². The summed E-state index contributed by atoms with van der Waals surface area (Å²) in [4.78, 5) is 0. The SMILES string of the molecule is Cc1cc(NC2CCCc3occc32)ccc1F. The van der Waals surface area contributed by atoms with Gasteiger partial charge in [-0.2, -0.15) is 0 Å². The van der Waals surface area contributed by atoms with Gasteiger partial charge < -0.3 is 9.73 Å². The third kappa shape index (κ3) is 2.01. The molecule has 0 radical (unpaired) electrons. The molecule has 0 bridgehead atoms. The van der Waals surface area contributed by atoms with Crippen molar-refractivity contribution in [2.45, 2.75) is 32.2 Å². The number of aryl methyl sites for hydroxylation is 2. The molecule has 18 heavy (non-hydrogen) atoms. The fraction of sp³-hybridized carbons (Fsp3) is 0.333. The number of furan rings is 1. The van der Waals surface area contributed by atoms with E-state index in [1.807, 2.05) is 12.1 Å². The maximum absolute atomic E-state index is 13.2. The zero-order valence-electron chi connectivity index (χ0n) is 10.4. The number of halogens is 1. The van der Waals surface area contributed by atoms with Crippen molar-refractivity contribution in [3.63, 3.8) is 0 Å². The van der Waals surface area contributed by atoms with E-state index in [0.29, 0.717) is 5.56 Å². The van der Waals surface area contributed by atoms with Crippen molar-refractivity contribution in [1.82, 2.24) is 0 Å². The Morgan fingerprint density at radius 2 is 2.22 bits per heavy atom. The van der Waals surface area contributed by atoms with E-state index in [1.165, 1.54) is 11.6 Å². The number of fused-ring (bicyclic) bond motifs is 1. The van der Waals surface area contributed by atoms with Gasteiger partial charge in [0, 0.05) is 17.7 Å². The lowest BCUT2D eigenvalue weighted by Gasteiger charge is -2.24. The van der Waals surface area contributed by atoms with Crippen molar-refractivity contribution in [3.05, 3.63) is 53.2 Å². The molecule has 0 saturated carbocycles. The van der Waals surface area contributed by atoms with Crippen LogP contribution in [0.4, 0.5) is 10.1 Å². The number of anilines is 1. The first-order chi connectivity index (χ1) is 8.74. The summed E-state index contributed by atoms with van der Waals surface area (Å²) in [5.74, 6) is 0.922. The highest BCUT2D eigenvalue weighted by molar-refractivity contribution is 5.48. The van der Waals surface area contributed by atoms with Crippen LogP contribution in [0.25, 0.3) is 0 Å². The Morgan fingerprint density at radius 3 is 3.06 bits per heavy atom. The first kappa shape index (κ1) is 11.3. The van der Waals surface area contributed by atoms with Crippen LogP contribution in [0.3, 0.4) is 0 Å². The van der Waals surface area contributed by atoms with Crippen LogP contribution >= 0.6 is 0 Å². The highest BCUT2D eigenvalue weighted by Gasteiger charge is 2.22. The van der Waals surface area contributed by atoms with Crippen molar-refractivity contribution in [1.29, 1.82) is 0 Å². The second-order valence-corrected chi connectivity index (χ2v) is 4.85. The van der Waals surface area contributed by atoms with Gasteiger partial charge in [-0.25, -0.2) is 4.39 Å². The standard InChI is InChI=1S/C15H16FNO/c1-10-9-11(5-6-13(10)16)17-14-3-2-4-15-12(14)7-8-18-15/h5-9,14,17H,2-4H2,1H3. The predicted molar refractivity (Wildman–Crippen MR) is 69.1 cm³/mol. The van der Waals surface area contributed by atoms with Crippen LogP contribution in [0, 0.1) is 12.7 Å². The molecule has 1 aromatic carbocycles. The van der Waals surface area contributed by atoms with Gasteiger partial charge in [-0.1, -0.05) is 0 Å². The Morgan fingerprint density at radius 1 is 1.33 bits per heavy atom. The number of nitrogens with one attached hydrogen (secondary N) is 1. The zero-order chi connectivity index (χ0) is 12.5. The molecule has 3 heteroatoms. The second kappa shape index (κ2) is 4.48. The molecule has 0 fully saturated rings. The molecule has 2 nitrogen and oxygen atoms in total. The number of hydrogen-bond donors (Lipinski definition) is 1. The lowest BCUT2D eigenvalue weighted by atomic mass is 9.93. The molecule has 1 unspecified atom stereocenters. The maximum atomic E-state index is 13.2. The summed E-state index contributed by atoms with van der Waals surface area (Å²) in [5.41, 5.74) is 2.87. The average Bonchev–Trinajstić information content (AvgIpc) is 2.83. The van der Waals surface area contributed by atoms with E-state index in [9.17, 15) is 4.39 Å². The summed E-state index contributed by atoms with van der Waals surface area (Å²) >= 11 is 0. The van der Waals surface area contributed by atoms with Crippen LogP contribution in [0.1, 0.15) is 35.8 Å². The van der Waals surface area contributed by atoms with Crippen LogP contribution < -0.4 is 5.32 Å². The van der Waals surface area contributed by atoms with Crippen molar-refractivity contribution >= 4 is 5.69 Å². The average molecular weight is 245 g/mol. The molecule has 1 aromatic heterocycles. The van der Waals surface area contributed by atoms with Crippen LogP contribution in [0.2, 0.25) is 0 Å². The molecule has 0 amide bonds. The van der Waals surface area contributed by atoms with E-state index in [0.717, 1.165) is 30.7 Å². The monoisotopic (exact) mass is 245 g/mol. The van der Waals surface area contributed by atoms with Crippen LogP contribution in [0.5, 0.6) is 0 Å². The van der Waals surface area contributed by atoms with Crippen molar-refractivity contribution < 1.29 is 8.81 Å². The molecule has 1 heterocycles. The second-order valence-electron chi connectivity index (χ2n) is 4.85. The lowest BCUT2D eigenvalue weighted by molar-refractivity contribution is 0.461. The summed E-state index contributed by atoms with van der Waals surface area (Å²) in [6, 6.07) is 7.46. The Balaban J connectivity index is 1.84. The fourth-order valence-electron chi connectivity index (χ4n) is 2.57. The molecule has 2 aromatic rings. The normalized spacial score (nSPS) is 18.4. The van der Waals surface area contributed by atoms with Gasteiger partial charge in [0.1, 0.15) is 11.6 Å². The number of rotatable bonds is 2. The first-order valence-electron chi connectivity index (χ1n) is 6.33. The molecule has 1 atom stereocenters. The summed E-state index contributed by atoms with van der Waals surface area (Å²) in [7, 11) is 0. The summed E-state index contributed by atoms with van der Waals surface area (Å²) in [6.45, 7) is 1.78. The van der Waals surface area contributed by atoms with Crippen molar-refractivity contribution in [2.24, 2.45) is 0 Å². The Hall–Kier alpha value is -1.77. The summed E-state index contributed by atoms with van der Waals surface area (Å²) in [5, 5.41) is 3.46. The lowest BCUT2D eigenvalue weighted by Crippen LogP contribution is -2.15. The fourth-order valence-corrected chi connectivity index (χ4v) is 2.57. The molecule has 1 aliphatic carbocycles. The molecule has 1 aliphatic rings. The van der Waals surface area contributed by atoms with Crippen LogP contribution in [-0.4, -0.2) is 0 Å². The van der Waals surface area contributed by atoms with Crippen molar-refractivity contribution in [3.8, 4) is 0 Å². The quantitative estimate of drug-likeness (QED) is 0.857. The molecule has 94 valence electrons. The van der Waals surface area contributed by atoms with Crippen LogP contribution in [0.15, 0.2) is 34.9 Å². The van der Waals surface area contributed by atoms with Gasteiger partial charge in [-0.05, 0) is 49.6 Å². The molecule has 1 N–H and O–H groups in total. The highest BCUT2D eigenvalue weighted by atomic mass is 19.1. The van der Waals surface area contributed by atoms with Crippen molar-refractivity contribution in [2.75, 3.05) is 5.32 Å². The minimum absolute atomic E-state index is 0.159. The van der Waals surface area contributed by atoms with Gasteiger partial charge in [0.15, 0.2) is 0 Å². The molecule has 0 saturated heterocycles. The van der Waals surface area contributed by atoms with E-state index >= 15 is 0 Å². The highest BCUT2D eigenvalue weighted by Crippen LogP contribution is 2.33. The summed E-state index contributed by atoms with van der Waals surface area (Å²) in [6.07, 6.45) is 4.98.